The van der Waals surface area contributed by atoms with Crippen LogP contribution in [0, 0.1) is 0 Å². The maximum atomic E-state index is 11.4. The van der Waals surface area contributed by atoms with E-state index in [2.05, 4.69) is 28.2 Å². The van der Waals surface area contributed by atoms with Gasteiger partial charge in [-0.3, -0.25) is 4.79 Å². The lowest BCUT2D eigenvalue weighted by Crippen LogP contribution is -2.20. The van der Waals surface area contributed by atoms with Crippen LogP contribution in [-0.2, 0) is 11.2 Å². The van der Waals surface area contributed by atoms with E-state index in [9.17, 15) is 4.79 Å². The second-order valence-corrected chi connectivity index (χ2v) is 4.49. The van der Waals surface area contributed by atoms with E-state index < -0.39 is 0 Å². The molecule has 76 valence electrons. The molecule has 3 heteroatoms. The Kier molecular flexibility index (Phi) is 4.14. The normalized spacial score (nSPS) is 12.2. The van der Waals surface area contributed by atoms with Crippen molar-refractivity contribution in [3.63, 3.8) is 0 Å². The lowest BCUT2D eigenvalue weighted by atomic mass is 10.1. The largest absolute Gasteiger partial charge is 0.325 e. The Morgan fingerprint density at radius 3 is 2.71 bits per heavy atom. The molecule has 1 aromatic carbocycles. The highest BCUT2D eigenvalue weighted by atomic mass is 79.9. The Bertz CT molecular complexity index is 323. The van der Waals surface area contributed by atoms with Crippen molar-refractivity contribution in [2.45, 2.75) is 25.1 Å². The molecule has 1 N–H and O–H groups in total. The van der Waals surface area contributed by atoms with E-state index in [1.807, 2.05) is 31.2 Å². The van der Waals surface area contributed by atoms with E-state index >= 15 is 0 Å². The van der Waals surface area contributed by atoms with Crippen molar-refractivity contribution in [2.75, 3.05) is 5.32 Å². The first-order valence-electron chi connectivity index (χ1n) is 4.68. The number of carbonyl (C=O) groups excluding carboxylic acids is 1. The van der Waals surface area contributed by atoms with Gasteiger partial charge in [0.1, 0.15) is 0 Å². The quantitative estimate of drug-likeness (QED) is 0.827. The van der Waals surface area contributed by atoms with Crippen molar-refractivity contribution < 1.29 is 4.79 Å². The van der Waals surface area contributed by atoms with Gasteiger partial charge in [0, 0.05) is 5.69 Å². The summed E-state index contributed by atoms with van der Waals surface area (Å²) in [5, 5.41) is 2.88. The van der Waals surface area contributed by atoms with Gasteiger partial charge in [-0.1, -0.05) is 41.1 Å². The first-order chi connectivity index (χ1) is 6.65. The third-order valence-electron chi connectivity index (χ3n) is 2.02. The number of amides is 1. The molecule has 1 atom stereocenters. The van der Waals surface area contributed by atoms with E-state index in [-0.39, 0.29) is 10.7 Å². The number of anilines is 1. The number of hydrogen-bond donors (Lipinski definition) is 1. The van der Waals surface area contributed by atoms with Gasteiger partial charge >= 0.3 is 0 Å². The molecule has 2 nitrogen and oxygen atoms in total. The third-order valence-corrected chi connectivity index (χ3v) is 2.43. The van der Waals surface area contributed by atoms with Crippen LogP contribution in [0.15, 0.2) is 24.3 Å². The molecule has 0 saturated carbocycles. The van der Waals surface area contributed by atoms with Gasteiger partial charge in [0.05, 0.1) is 4.83 Å². The lowest BCUT2D eigenvalue weighted by molar-refractivity contribution is -0.115. The number of hydrogen-bond acceptors (Lipinski definition) is 1. The number of halogens is 1. The smallest absolute Gasteiger partial charge is 0.237 e. The molecule has 0 heterocycles. The van der Waals surface area contributed by atoms with E-state index in [1.54, 1.807) is 0 Å². The molecule has 0 fully saturated rings. The van der Waals surface area contributed by atoms with Crippen LogP contribution in [0.4, 0.5) is 5.69 Å². The van der Waals surface area contributed by atoms with E-state index in [4.69, 9.17) is 0 Å². The molecule has 0 spiro atoms. The molecule has 1 unspecified atom stereocenters. The van der Waals surface area contributed by atoms with Crippen LogP contribution in [0.25, 0.3) is 0 Å². The second kappa shape index (κ2) is 5.15. The summed E-state index contributed by atoms with van der Waals surface area (Å²) >= 11 is 3.23. The van der Waals surface area contributed by atoms with Gasteiger partial charge in [0.2, 0.25) is 5.91 Å². The zero-order chi connectivity index (χ0) is 10.6. The Morgan fingerprint density at radius 2 is 2.14 bits per heavy atom. The Hall–Kier alpha value is -0.830. The first-order valence-corrected chi connectivity index (χ1v) is 5.59. The van der Waals surface area contributed by atoms with Crippen LogP contribution in [0.2, 0.25) is 0 Å². The molecule has 1 rings (SSSR count). The number of alkyl halides is 1. The summed E-state index contributed by atoms with van der Waals surface area (Å²) in [6.45, 7) is 3.88. The van der Waals surface area contributed by atoms with Gasteiger partial charge < -0.3 is 5.32 Å². The average molecular weight is 256 g/mol. The van der Waals surface area contributed by atoms with Gasteiger partial charge in [-0.2, -0.15) is 0 Å². The predicted molar refractivity (Wildman–Crippen MR) is 62.8 cm³/mol. The number of rotatable bonds is 3. The summed E-state index contributed by atoms with van der Waals surface area (Å²) in [6.07, 6.45) is 0.924. The van der Waals surface area contributed by atoms with Crippen LogP contribution in [0.3, 0.4) is 0 Å². The highest BCUT2D eigenvalue weighted by Crippen LogP contribution is 2.16. The molecule has 1 aromatic rings. The Morgan fingerprint density at radius 1 is 1.50 bits per heavy atom. The molecule has 14 heavy (non-hydrogen) atoms. The molecule has 0 radical (unpaired) electrons. The fourth-order valence-corrected chi connectivity index (χ4v) is 1.30. The summed E-state index contributed by atoms with van der Waals surface area (Å²) in [6, 6.07) is 7.85. The minimum absolute atomic E-state index is 0.00843. The summed E-state index contributed by atoms with van der Waals surface area (Å²) in [4.78, 5) is 11.3. The molecular formula is C11H14BrNO. The third kappa shape index (κ3) is 2.84. The van der Waals surface area contributed by atoms with Crippen LogP contribution in [-0.4, -0.2) is 10.7 Å². The maximum Gasteiger partial charge on any atom is 0.237 e. The minimum atomic E-state index is -0.160. The SMILES string of the molecule is CCc1ccccc1NC(=O)C(C)Br. The first kappa shape index (κ1) is 11.2. The van der Waals surface area contributed by atoms with Crippen molar-refractivity contribution >= 4 is 27.5 Å². The Balaban J connectivity index is 2.80. The van der Waals surface area contributed by atoms with Crippen molar-refractivity contribution in [3.8, 4) is 0 Å². The number of benzene rings is 1. The van der Waals surface area contributed by atoms with E-state index in [0.717, 1.165) is 17.7 Å². The summed E-state index contributed by atoms with van der Waals surface area (Å²) < 4.78 is 0. The molecule has 0 aliphatic carbocycles. The average Bonchev–Trinajstić information content (AvgIpc) is 2.18. The highest BCUT2D eigenvalue weighted by molar-refractivity contribution is 9.10. The van der Waals surface area contributed by atoms with Crippen LogP contribution in [0.5, 0.6) is 0 Å². The standard InChI is InChI=1S/C11H14BrNO/c1-3-9-6-4-5-7-10(9)13-11(14)8(2)12/h4-8H,3H2,1-2H3,(H,13,14). The summed E-state index contributed by atoms with van der Waals surface area (Å²) in [7, 11) is 0. The fraction of sp³-hybridized carbons (Fsp3) is 0.364. The predicted octanol–water partition coefficient (Wildman–Crippen LogP) is 2.97. The topological polar surface area (TPSA) is 29.1 Å². The van der Waals surface area contributed by atoms with E-state index in [1.165, 1.54) is 0 Å². The van der Waals surface area contributed by atoms with Gasteiger partial charge in [-0.05, 0) is 25.0 Å². The van der Waals surface area contributed by atoms with Gasteiger partial charge in [0.25, 0.3) is 0 Å². The van der Waals surface area contributed by atoms with Crippen molar-refractivity contribution in [1.29, 1.82) is 0 Å². The van der Waals surface area contributed by atoms with Gasteiger partial charge in [-0.25, -0.2) is 0 Å². The zero-order valence-electron chi connectivity index (χ0n) is 8.38. The van der Waals surface area contributed by atoms with Crippen molar-refractivity contribution in [2.24, 2.45) is 0 Å². The molecule has 0 aliphatic heterocycles. The second-order valence-electron chi connectivity index (χ2n) is 3.12. The van der Waals surface area contributed by atoms with Crippen molar-refractivity contribution in [3.05, 3.63) is 29.8 Å². The Labute approximate surface area is 92.8 Å². The monoisotopic (exact) mass is 255 g/mol. The number of carbonyl (C=O) groups is 1. The summed E-state index contributed by atoms with van der Waals surface area (Å²) in [5.41, 5.74) is 2.07. The fourth-order valence-electron chi connectivity index (χ4n) is 1.18. The molecular weight excluding hydrogens is 242 g/mol. The summed E-state index contributed by atoms with van der Waals surface area (Å²) in [5.74, 6) is -0.00843. The highest BCUT2D eigenvalue weighted by Gasteiger charge is 2.09. The molecule has 0 aliphatic rings. The van der Waals surface area contributed by atoms with Crippen LogP contribution < -0.4 is 5.32 Å². The van der Waals surface area contributed by atoms with Gasteiger partial charge in [-0.15, -0.1) is 0 Å². The zero-order valence-corrected chi connectivity index (χ0v) is 9.97. The minimum Gasteiger partial charge on any atom is -0.325 e. The van der Waals surface area contributed by atoms with E-state index in [0.29, 0.717) is 0 Å². The molecule has 0 bridgehead atoms. The van der Waals surface area contributed by atoms with Crippen LogP contribution >= 0.6 is 15.9 Å². The maximum absolute atomic E-state index is 11.4. The molecule has 0 saturated heterocycles. The molecule has 1 amide bonds. The van der Waals surface area contributed by atoms with Crippen molar-refractivity contribution in [1.82, 2.24) is 0 Å². The number of aryl methyl sites for hydroxylation is 1. The number of nitrogens with one attached hydrogen (secondary N) is 1. The van der Waals surface area contributed by atoms with Gasteiger partial charge in [0.15, 0.2) is 0 Å². The number of para-hydroxylation sites is 1. The molecule has 0 aromatic heterocycles. The lowest BCUT2D eigenvalue weighted by Gasteiger charge is -2.10. The van der Waals surface area contributed by atoms with Crippen LogP contribution in [0.1, 0.15) is 19.4 Å².